The average molecular weight is 208 g/mol. The molecule has 4 nitrogen and oxygen atoms in total. The number of rotatable bonds is 4. The molecule has 0 saturated carbocycles. The maximum Gasteiger partial charge on any atom is 0.0745 e. The first-order chi connectivity index (χ1) is 6.60. The zero-order valence-electron chi connectivity index (χ0n) is 9.69. The predicted molar refractivity (Wildman–Crippen MR) is 58.4 cm³/mol. The topological polar surface area (TPSA) is 58.9 Å². The Bertz CT molecular complexity index is 82.2. The fraction of sp³-hybridized carbons (Fsp3) is 0.800. The minimum absolute atomic E-state index is 0.122. The Balaban J connectivity index is -0.000000138. The predicted octanol–water partition coefficient (Wildman–Crippen LogP) is 0.831. The molecular weight excluding hydrogens is 184 g/mol. The Labute approximate surface area is 87.2 Å². The smallest absolute Gasteiger partial charge is 0.0745 e. The van der Waals surface area contributed by atoms with Gasteiger partial charge in [0.05, 0.1) is 25.9 Å². The highest BCUT2D eigenvalue weighted by Gasteiger charge is 1.87. The number of aliphatic hydroxyl groups excluding tert-OH is 2. The fourth-order valence-electron chi connectivity index (χ4n) is 0.332. The van der Waals surface area contributed by atoms with Crippen LogP contribution in [0.2, 0.25) is 0 Å². The third-order valence-corrected chi connectivity index (χ3v) is 0.703. The highest BCUT2D eigenvalue weighted by Crippen LogP contribution is 1.75. The van der Waals surface area contributed by atoms with Gasteiger partial charge in [-0.3, -0.25) is 0 Å². The Morgan fingerprint density at radius 3 is 1.79 bits per heavy atom. The molecule has 0 aliphatic carbocycles. The van der Waals surface area contributed by atoms with Crippen molar-refractivity contribution in [3.8, 4) is 0 Å². The summed E-state index contributed by atoms with van der Waals surface area (Å²) in [6, 6.07) is 0. The van der Waals surface area contributed by atoms with E-state index in [9.17, 15) is 0 Å². The number of allylic oxidation sites excluding steroid dienone is 1. The third-order valence-electron chi connectivity index (χ3n) is 0.703. The summed E-state index contributed by atoms with van der Waals surface area (Å²) in [5.41, 5.74) is 0. The molecule has 0 fully saturated rings. The summed E-state index contributed by atoms with van der Waals surface area (Å²) in [5.74, 6) is 0. The van der Waals surface area contributed by atoms with E-state index in [1.54, 1.807) is 27.2 Å². The van der Waals surface area contributed by atoms with Crippen molar-refractivity contribution in [2.75, 3.05) is 34.0 Å². The van der Waals surface area contributed by atoms with E-state index in [4.69, 9.17) is 10.2 Å². The van der Waals surface area contributed by atoms with Gasteiger partial charge in [-0.1, -0.05) is 6.08 Å². The molecule has 1 atom stereocenters. The van der Waals surface area contributed by atoms with Crippen LogP contribution in [-0.2, 0) is 9.47 Å². The van der Waals surface area contributed by atoms with E-state index < -0.39 is 0 Å². The highest BCUT2D eigenvalue weighted by atomic mass is 16.5. The normalized spacial score (nSPS) is 10.1. The molecule has 1 unspecified atom stereocenters. The molecule has 0 aliphatic rings. The van der Waals surface area contributed by atoms with E-state index in [0.29, 0.717) is 13.2 Å². The van der Waals surface area contributed by atoms with Crippen molar-refractivity contribution in [3.63, 3.8) is 0 Å². The molecule has 4 heteroatoms. The lowest BCUT2D eigenvalue weighted by atomic mass is 10.5. The Morgan fingerprint density at radius 1 is 1.36 bits per heavy atom. The van der Waals surface area contributed by atoms with E-state index >= 15 is 0 Å². The number of hydrogen-bond acceptors (Lipinski definition) is 4. The largest absolute Gasteiger partial charge is 0.394 e. The lowest BCUT2D eigenvalue weighted by molar-refractivity contribution is 0.0765. The van der Waals surface area contributed by atoms with Gasteiger partial charge in [0.2, 0.25) is 0 Å². The number of aliphatic hydroxyl groups is 2. The molecule has 0 aromatic rings. The first-order valence-corrected chi connectivity index (χ1v) is 4.44. The van der Waals surface area contributed by atoms with Crippen LogP contribution in [0.15, 0.2) is 12.7 Å². The first-order valence-electron chi connectivity index (χ1n) is 4.44. The monoisotopic (exact) mass is 208 g/mol. The van der Waals surface area contributed by atoms with Crippen molar-refractivity contribution < 1.29 is 19.7 Å². The highest BCUT2D eigenvalue weighted by molar-refractivity contribution is 4.51. The third kappa shape index (κ3) is 61.8. The number of ether oxygens (including phenoxy) is 2. The second kappa shape index (κ2) is 22.9. The van der Waals surface area contributed by atoms with Crippen LogP contribution in [0.5, 0.6) is 0 Å². The zero-order chi connectivity index (χ0) is 11.8. The van der Waals surface area contributed by atoms with E-state index in [-0.39, 0.29) is 12.7 Å². The van der Waals surface area contributed by atoms with Gasteiger partial charge in [0, 0.05) is 14.2 Å². The molecule has 14 heavy (non-hydrogen) atoms. The maximum atomic E-state index is 8.43. The quantitative estimate of drug-likeness (QED) is 0.672. The molecule has 0 saturated heterocycles. The van der Waals surface area contributed by atoms with Crippen LogP contribution in [0, 0.1) is 0 Å². The minimum atomic E-state index is -0.324. The molecule has 88 valence electrons. The number of hydrogen-bond donors (Lipinski definition) is 2. The molecule has 0 amide bonds. The molecule has 0 heterocycles. The molecule has 0 aromatic heterocycles. The van der Waals surface area contributed by atoms with E-state index in [0.717, 1.165) is 0 Å². The SMILES string of the molecule is C=CC.COCC(C)O.COCCO. The molecule has 0 radical (unpaired) electrons. The van der Waals surface area contributed by atoms with Gasteiger partial charge in [-0.15, -0.1) is 6.58 Å². The van der Waals surface area contributed by atoms with Gasteiger partial charge < -0.3 is 19.7 Å². The molecule has 0 spiro atoms. The lowest BCUT2D eigenvalue weighted by Crippen LogP contribution is -2.07. The van der Waals surface area contributed by atoms with Crippen LogP contribution >= 0.6 is 0 Å². The van der Waals surface area contributed by atoms with Gasteiger partial charge in [-0.2, -0.15) is 0 Å². The summed E-state index contributed by atoms with van der Waals surface area (Å²) in [6.07, 6.45) is 1.43. The zero-order valence-corrected chi connectivity index (χ0v) is 9.69. The summed E-state index contributed by atoms with van der Waals surface area (Å²) in [4.78, 5) is 0. The van der Waals surface area contributed by atoms with Crippen LogP contribution in [0.25, 0.3) is 0 Å². The molecule has 0 bridgehead atoms. The average Bonchev–Trinajstić information content (AvgIpc) is 2.07. The Morgan fingerprint density at radius 2 is 1.79 bits per heavy atom. The van der Waals surface area contributed by atoms with Crippen LogP contribution in [-0.4, -0.2) is 50.4 Å². The second-order valence-electron chi connectivity index (χ2n) is 2.43. The van der Waals surface area contributed by atoms with Crippen molar-refractivity contribution >= 4 is 0 Å². The molecule has 0 aliphatic heterocycles. The summed E-state index contributed by atoms with van der Waals surface area (Å²) >= 11 is 0. The van der Waals surface area contributed by atoms with Crippen molar-refractivity contribution in [1.82, 2.24) is 0 Å². The lowest BCUT2D eigenvalue weighted by Gasteiger charge is -1.97. The van der Waals surface area contributed by atoms with Crippen molar-refractivity contribution in [3.05, 3.63) is 12.7 Å². The van der Waals surface area contributed by atoms with Gasteiger partial charge in [0.15, 0.2) is 0 Å². The van der Waals surface area contributed by atoms with Crippen LogP contribution < -0.4 is 0 Å². The van der Waals surface area contributed by atoms with Crippen LogP contribution in [0.1, 0.15) is 13.8 Å². The van der Waals surface area contributed by atoms with Crippen molar-refractivity contribution in [2.45, 2.75) is 20.0 Å². The van der Waals surface area contributed by atoms with Gasteiger partial charge in [0.25, 0.3) is 0 Å². The van der Waals surface area contributed by atoms with Crippen molar-refractivity contribution in [2.24, 2.45) is 0 Å². The summed E-state index contributed by atoms with van der Waals surface area (Å²) in [6.45, 7) is 7.93. The van der Waals surface area contributed by atoms with Gasteiger partial charge in [-0.05, 0) is 13.8 Å². The molecular formula is C10H24O4. The summed E-state index contributed by atoms with van der Waals surface area (Å²) in [7, 11) is 3.11. The van der Waals surface area contributed by atoms with Crippen molar-refractivity contribution in [1.29, 1.82) is 0 Å². The second-order valence-corrected chi connectivity index (χ2v) is 2.43. The Hall–Kier alpha value is -0.420. The summed E-state index contributed by atoms with van der Waals surface area (Å²) in [5, 5.41) is 16.4. The maximum absolute atomic E-state index is 8.43. The van der Waals surface area contributed by atoms with Crippen LogP contribution in [0.3, 0.4) is 0 Å². The van der Waals surface area contributed by atoms with E-state index in [1.165, 1.54) is 0 Å². The Kier molecular flexibility index (Phi) is 31.4. The fourth-order valence-corrected chi connectivity index (χ4v) is 0.332. The molecule has 2 N–H and O–H groups in total. The van der Waals surface area contributed by atoms with E-state index in [1.807, 2.05) is 6.92 Å². The van der Waals surface area contributed by atoms with Gasteiger partial charge in [-0.25, -0.2) is 0 Å². The van der Waals surface area contributed by atoms with E-state index in [2.05, 4.69) is 16.1 Å². The van der Waals surface area contributed by atoms with Gasteiger partial charge >= 0.3 is 0 Å². The minimum Gasteiger partial charge on any atom is -0.394 e. The van der Waals surface area contributed by atoms with Crippen LogP contribution in [0.4, 0.5) is 0 Å². The molecule has 0 aromatic carbocycles. The number of methoxy groups -OCH3 is 2. The van der Waals surface area contributed by atoms with Gasteiger partial charge in [0.1, 0.15) is 0 Å². The molecule has 0 rings (SSSR count). The summed E-state index contributed by atoms with van der Waals surface area (Å²) < 4.78 is 8.99. The standard InChI is InChI=1S/C4H10O2.C3H8O2.C3H6/c1-4(5)3-6-2;1-5-3-2-4;1-3-2/h4-5H,3H2,1-2H3;4H,2-3H2,1H3;3H,1H2,2H3. The first kappa shape index (κ1) is 19.2.